The fourth-order valence-electron chi connectivity index (χ4n) is 2.65. The number of hydrogen-bond donors (Lipinski definition) is 3. The molecule has 0 fully saturated rings. The molecule has 0 atom stereocenters. The van der Waals surface area contributed by atoms with Gasteiger partial charge < -0.3 is 25.0 Å². The van der Waals surface area contributed by atoms with Crippen LogP contribution in [0.1, 0.15) is 26.8 Å². The van der Waals surface area contributed by atoms with E-state index in [2.05, 4.69) is 15.3 Å². The minimum atomic E-state index is -0.662. The summed E-state index contributed by atoms with van der Waals surface area (Å²) in [5.74, 6) is -0.668. The van der Waals surface area contributed by atoms with Crippen molar-refractivity contribution in [2.75, 3.05) is 14.2 Å². The second-order valence-electron chi connectivity index (χ2n) is 5.75. The Hall–Kier alpha value is -3.33. The van der Waals surface area contributed by atoms with Crippen molar-refractivity contribution in [1.29, 1.82) is 0 Å². The molecule has 8 nitrogen and oxygen atoms in total. The molecule has 0 radical (unpaired) electrons. The molecule has 0 aliphatic carbocycles. The van der Waals surface area contributed by atoms with Gasteiger partial charge in [0, 0.05) is 23.4 Å². The predicted molar refractivity (Wildman–Crippen MR) is 103 cm³/mol. The monoisotopic (exact) mass is 401 g/mol. The second-order valence-corrected chi connectivity index (χ2v) is 6.78. The Labute approximate surface area is 165 Å². The molecule has 0 bridgehead atoms. The van der Waals surface area contributed by atoms with E-state index in [-0.39, 0.29) is 18.1 Å². The summed E-state index contributed by atoms with van der Waals surface area (Å²) >= 11 is 1.51. The highest BCUT2D eigenvalue weighted by Crippen LogP contribution is 2.31. The molecule has 0 saturated heterocycles. The summed E-state index contributed by atoms with van der Waals surface area (Å²) in [6.45, 7) is 0.115. The molecule has 3 rings (SSSR count). The highest BCUT2D eigenvalue weighted by atomic mass is 32.1. The lowest BCUT2D eigenvalue weighted by atomic mass is 10.1. The number of aromatic hydroxyl groups is 2. The van der Waals surface area contributed by atoms with Gasteiger partial charge in [-0.1, -0.05) is 18.2 Å². The number of para-hydroxylation sites is 1. The number of methoxy groups -OCH3 is 2. The summed E-state index contributed by atoms with van der Waals surface area (Å²) < 4.78 is 10.6. The van der Waals surface area contributed by atoms with Crippen LogP contribution in [0.5, 0.6) is 23.1 Å². The van der Waals surface area contributed by atoms with E-state index in [1.165, 1.54) is 25.6 Å². The summed E-state index contributed by atoms with van der Waals surface area (Å²) in [5.41, 5.74) is 0.396. The highest BCUT2D eigenvalue weighted by Gasteiger charge is 2.20. The fraction of sp³-hybridized carbons (Fsp3) is 0.211. The van der Waals surface area contributed by atoms with E-state index in [1.54, 1.807) is 18.2 Å². The fourth-order valence-corrected chi connectivity index (χ4v) is 3.35. The number of nitrogens with zero attached hydrogens (tertiary/aromatic N) is 2. The third kappa shape index (κ3) is 4.15. The van der Waals surface area contributed by atoms with Gasteiger partial charge in [-0.25, -0.2) is 4.98 Å². The van der Waals surface area contributed by atoms with E-state index < -0.39 is 17.5 Å². The van der Waals surface area contributed by atoms with E-state index in [1.807, 2.05) is 17.5 Å². The van der Waals surface area contributed by atoms with Gasteiger partial charge in [0.2, 0.25) is 5.75 Å². The Morgan fingerprint density at radius 1 is 1.14 bits per heavy atom. The molecule has 1 aromatic carbocycles. The lowest BCUT2D eigenvalue weighted by Crippen LogP contribution is -2.25. The SMILES string of the molecule is COc1cccc(CNC(=O)c2nc(Cc3cccs3)nc(O)c2O)c1OC. The number of ether oxygens (including phenoxy) is 2. The topological polar surface area (TPSA) is 114 Å². The molecule has 0 aliphatic rings. The normalized spacial score (nSPS) is 10.5. The summed E-state index contributed by atoms with van der Waals surface area (Å²) in [6.07, 6.45) is 0.343. The van der Waals surface area contributed by atoms with Crippen molar-refractivity contribution < 1.29 is 24.5 Å². The molecule has 3 N–H and O–H groups in total. The zero-order valence-corrected chi connectivity index (χ0v) is 16.1. The largest absolute Gasteiger partial charge is 0.501 e. The molecule has 146 valence electrons. The third-order valence-electron chi connectivity index (χ3n) is 3.96. The number of rotatable bonds is 7. The van der Waals surface area contributed by atoms with Gasteiger partial charge in [0.15, 0.2) is 17.2 Å². The zero-order valence-electron chi connectivity index (χ0n) is 15.3. The molecule has 0 aliphatic heterocycles. The van der Waals surface area contributed by atoms with Crippen LogP contribution < -0.4 is 14.8 Å². The van der Waals surface area contributed by atoms with Crippen LogP contribution in [0.25, 0.3) is 0 Å². The Bertz CT molecular complexity index is 976. The Morgan fingerprint density at radius 3 is 2.64 bits per heavy atom. The Balaban J connectivity index is 1.80. The molecule has 3 aromatic rings. The first kappa shape index (κ1) is 19.4. The lowest BCUT2D eigenvalue weighted by Gasteiger charge is -2.13. The first-order chi connectivity index (χ1) is 13.5. The van der Waals surface area contributed by atoms with Crippen LogP contribution in [-0.4, -0.2) is 40.3 Å². The number of hydrogen-bond acceptors (Lipinski definition) is 8. The molecule has 2 aromatic heterocycles. The summed E-state index contributed by atoms with van der Waals surface area (Å²) in [6, 6.07) is 9.08. The van der Waals surface area contributed by atoms with Crippen molar-refractivity contribution in [3.8, 4) is 23.1 Å². The van der Waals surface area contributed by atoms with Crippen molar-refractivity contribution in [1.82, 2.24) is 15.3 Å². The number of carbonyl (C=O) groups excluding carboxylic acids is 1. The van der Waals surface area contributed by atoms with E-state index >= 15 is 0 Å². The molecule has 2 heterocycles. The van der Waals surface area contributed by atoms with Crippen LogP contribution in [0.3, 0.4) is 0 Å². The van der Waals surface area contributed by atoms with Gasteiger partial charge in [-0.3, -0.25) is 4.79 Å². The van der Waals surface area contributed by atoms with Crippen molar-refractivity contribution >= 4 is 17.2 Å². The van der Waals surface area contributed by atoms with Gasteiger partial charge in [-0.2, -0.15) is 4.98 Å². The maximum atomic E-state index is 12.6. The number of thiophene rings is 1. The van der Waals surface area contributed by atoms with Crippen LogP contribution in [-0.2, 0) is 13.0 Å². The molecule has 0 saturated carbocycles. The van der Waals surface area contributed by atoms with Gasteiger partial charge in [0.05, 0.1) is 14.2 Å². The number of amides is 1. The molecular formula is C19H19N3O5S. The number of aromatic nitrogens is 2. The van der Waals surface area contributed by atoms with Crippen molar-refractivity contribution in [3.05, 3.63) is 57.7 Å². The number of nitrogens with one attached hydrogen (secondary N) is 1. The average molecular weight is 401 g/mol. The molecular weight excluding hydrogens is 382 g/mol. The van der Waals surface area contributed by atoms with E-state index in [4.69, 9.17) is 9.47 Å². The van der Waals surface area contributed by atoms with E-state index in [9.17, 15) is 15.0 Å². The molecule has 28 heavy (non-hydrogen) atoms. The lowest BCUT2D eigenvalue weighted by molar-refractivity contribution is 0.0941. The summed E-state index contributed by atoms with van der Waals surface area (Å²) in [5, 5.41) is 24.5. The maximum Gasteiger partial charge on any atom is 0.274 e. The molecule has 9 heteroatoms. The minimum Gasteiger partial charge on any atom is -0.501 e. The molecule has 0 spiro atoms. The first-order valence-electron chi connectivity index (χ1n) is 8.32. The van der Waals surface area contributed by atoms with Crippen LogP contribution in [0.4, 0.5) is 0 Å². The summed E-state index contributed by atoms with van der Waals surface area (Å²) in [7, 11) is 3.03. The van der Waals surface area contributed by atoms with Gasteiger partial charge in [0.25, 0.3) is 11.8 Å². The van der Waals surface area contributed by atoms with Gasteiger partial charge in [-0.05, 0) is 17.5 Å². The predicted octanol–water partition coefficient (Wildman–Crippen LogP) is 2.49. The van der Waals surface area contributed by atoms with Crippen LogP contribution in [0.2, 0.25) is 0 Å². The minimum absolute atomic E-state index is 0.115. The highest BCUT2D eigenvalue weighted by molar-refractivity contribution is 7.09. The van der Waals surface area contributed by atoms with Gasteiger partial charge >= 0.3 is 0 Å². The van der Waals surface area contributed by atoms with Crippen molar-refractivity contribution in [2.24, 2.45) is 0 Å². The average Bonchev–Trinajstić information content (AvgIpc) is 3.21. The van der Waals surface area contributed by atoms with Crippen LogP contribution in [0.15, 0.2) is 35.7 Å². The standard InChI is InChI=1S/C19H19N3O5S/c1-26-13-7-3-5-11(17(13)27-2)10-20-18(24)15-16(23)19(25)22-14(21-15)9-12-6-4-8-28-12/h3-8,23H,9-10H2,1-2H3,(H,20,24)(H,21,22,25). The smallest absolute Gasteiger partial charge is 0.274 e. The van der Waals surface area contributed by atoms with Crippen molar-refractivity contribution in [2.45, 2.75) is 13.0 Å². The van der Waals surface area contributed by atoms with E-state index in [0.29, 0.717) is 23.5 Å². The quantitative estimate of drug-likeness (QED) is 0.557. The zero-order chi connectivity index (χ0) is 20.1. The molecule has 0 unspecified atom stereocenters. The number of carbonyl (C=O) groups is 1. The van der Waals surface area contributed by atoms with Gasteiger partial charge in [0.1, 0.15) is 5.82 Å². The van der Waals surface area contributed by atoms with Crippen LogP contribution >= 0.6 is 11.3 Å². The Kier molecular flexibility index (Phi) is 5.95. The van der Waals surface area contributed by atoms with E-state index in [0.717, 1.165) is 4.88 Å². The maximum absolute atomic E-state index is 12.6. The van der Waals surface area contributed by atoms with Crippen molar-refractivity contribution in [3.63, 3.8) is 0 Å². The summed E-state index contributed by atoms with van der Waals surface area (Å²) in [4.78, 5) is 21.5. The van der Waals surface area contributed by atoms with Crippen LogP contribution in [0, 0.1) is 0 Å². The molecule has 1 amide bonds. The number of benzene rings is 1. The first-order valence-corrected chi connectivity index (χ1v) is 9.20. The Morgan fingerprint density at radius 2 is 1.96 bits per heavy atom. The second kappa shape index (κ2) is 8.57. The third-order valence-corrected chi connectivity index (χ3v) is 4.84. The van der Waals surface area contributed by atoms with Gasteiger partial charge in [-0.15, -0.1) is 11.3 Å².